The molecule has 0 spiro atoms. The Morgan fingerprint density at radius 1 is 1.33 bits per heavy atom. The van der Waals surface area contributed by atoms with Crippen molar-refractivity contribution in [1.82, 2.24) is 0 Å². The SMILES string of the molecule is Cc1c(C(=O)O)cccc1[B-](F)(F)F.[K+]. The Balaban J connectivity index is 0.00000196. The molecule has 0 saturated carbocycles. The third-order valence-corrected chi connectivity index (χ3v) is 1.96. The van der Waals surface area contributed by atoms with Crippen LogP contribution in [0.25, 0.3) is 0 Å². The zero-order valence-electron chi connectivity index (χ0n) is 8.30. The van der Waals surface area contributed by atoms with Crippen molar-refractivity contribution in [2.75, 3.05) is 0 Å². The molecule has 1 aromatic rings. The van der Waals surface area contributed by atoms with Gasteiger partial charge in [-0.25, -0.2) is 4.79 Å². The maximum atomic E-state index is 12.4. The molecule has 0 atom stereocenters. The molecule has 1 N–H and O–H groups in total. The van der Waals surface area contributed by atoms with E-state index >= 15 is 0 Å². The molecule has 0 aliphatic carbocycles. The van der Waals surface area contributed by atoms with Gasteiger partial charge in [-0.15, -0.1) is 5.46 Å². The molecule has 0 fully saturated rings. The quantitative estimate of drug-likeness (QED) is 0.658. The number of benzene rings is 1. The Labute approximate surface area is 127 Å². The third-order valence-electron chi connectivity index (χ3n) is 1.96. The summed E-state index contributed by atoms with van der Waals surface area (Å²) in [5.74, 6) is -1.34. The van der Waals surface area contributed by atoms with Gasteiger partial charge in [0.1, 0.15) is 0 Å². The topological polar surface area (TPSA) is 37.3 Å². The summed E-state index contributed by atoms with van der Waals surface area (Å²) in [4.78, 5) is 10.5. The molecule has 7 heteroatoms. The van der Waals surface area contributed by atoms with Crippen LogP contribution in [0, 0.1) is 6.92 Å². The summed E-state index contributed by atoms with van der Waals surface area (Å²) in [6.07, 6.45) is 0. The Morgan fingerprint density at radius 2 is 1.87 bits per heavy atom. The Kier molecular flexibility index (Phi) is 5.56. The molecule has 1 aromatic carbocycles. The van der Waals surface area contributed by atoms with Gasteiger partial charge in [-0.2, -0.15) is 0 Å². The van der Waals surface area contributed by atoms with Crippen LogP contribution in [0.4, 0.5) is 12.9 Å². The maximum Gasteiger partial charge on any atom is 1.00 e. The normalized spacial score (nSPS) is 10.7. The molecule has 15 heavy (non-hydrogen) atoms. The van der Waals surface area contributed by atoms with Gasteiger partial charge in [-0.3, -0.25) is 0 Å². The van der Waals surface area contributed by atoms with E-state index in [9.17, 15) is 17.7 Å². The van der Waals surface area contributed by atoms with Crippen LogP contribution in [0.3, 0.4) is 0 Å². The zero-order valence-corrected chi connectivity index (χ0v) is 11.4. The van der Waals surface area contributed by atoms with Gasteiger partial charge in [-0.1, -0.05) is 17.7 Å². The van der Waals surface area contributed by atoms with Crippen molar-refractivity contribution in [2.45, 2.75) is 6.92 Å². The summed E-state index contributed by atoms with van der Waals surface area (Å²) in [6, 6.07) is 3.14. The Morgan fingerprint density at radius 3 is 2.27 bits per heavy atom. The first-order chi connectivity index (χ1) is 6.34. The monoisotopic (exact) mass is 242 g/mol. The van der Waals surface area contributed by atoms with Gasteiger partial charge in [0, 0.05) is 0 Å². The molecule has 2 nitrogen and oxygen atoms in total. The van der Waals surface area contributed by atoms with Crippen LogP contribution in [-0.2, 0) is 0 Å². The van der Waals surface area contributed by atoms with Gasteiger partial charge in [0.2, 0.25) is 0 Å². The van der Waals surface area contributed by atoms with Gasteiger partial charge in [0.25, 0.3) is 0 Å². The maximum absolute atomic E-state index is 12.4. The van der Waals surface area contributed by atoms with Crippen LogP contribution in [0.15, 0.2) is 18.2 Å². The summed E-state index contributed by atoms with van der Waals surface area (Å²) >= 11 is 0. The van der Waals surface area contributed by atoms with Crippen LogP contribution >= 0.6 is 0 Å². The summed E-state index contributed by atoms with van der Waals surface area (Å²) < 4.78 is 37.1. The number of rotatable bonds is 2. The number of aromatic carboxylic acids is 1. The van der Waals surface area contributed by atoms with E-state index in [0.29, 0.717) is 0 Å². The van der Waals surface area contributed by atoms with Crippen molar-refractivity contribution in [3.05, 3.63) is 29.3 Å². The van der Waals surface area contributed by atoms with E-state index in [1.165, 1.54) is 0 Å². The van der Waals surface area contributed by atoms with E-state index in [0.717, 1.165) is 25.1 Å². The second-order valence-electron chi connectivity index (χ2n) is 2.90. The molecule has 0 amide bonds. The predicted molar refractivity (Wildman–Crippen MR) is 46.9 cm³/mol. The van der Waals surface area contributed by atoms with Crippen molar-refractivity contribution in [2.24, 2.45) is 0 Å². The van der Waals surface area contributed by atoms with Crippen molar-refractivity contribution >= 4 is 18.4 Å². The summed E-state index contributed by atoms with van der Waals surface area (Å²) in [5, 5.41) is 8.60. The van der Waals surface area contributed by atoms with Gasteiger partial charge in [0.05, 0.1) is 5.56 Å². The minimum atomic E-state index is -5.14. The van der Waals surface area contributed by atoms with Crippen LogP contribution in [0.2, 0.25) is 0 Å². The summed E-state index contributed by atoms with van der Waals surface area (Å²) in [5.41, 5.74) is -1.38. The van der Waals surface area contributed by atoms with Crippen molar-refractivity contribution in [3.8, 4) is 0 Å². The van der Waals surface area contributed by atoms with Gasteiger partial charge in [-0.05, 0) is 13.0 Å². The molecular weight excluding hydrogens is 235 g/mol. The zero-order chi connectivity index (χ0) is 10.9. The van der Waals surface area contributed by atoms with Gasteiger partial charge in [0.15, 0.2) is 0 Å². The first kappa shape index (κ1) is 15.2. The fraction of sp³-hybridized carbons (Fsp3) is 0.125. The minimum absolute atomic E-state index is 0. The molecular formula is C8H7BF3KO2. The Hall–Kier alpha value is 0.181. The second kappa shape index (κ2) is 5.49. The molecule has 1 rings (SSSR count). The van der Waals surface area contributed by atoms with Crippen LogP contribution < -0.4 is 56.8 Å². The number of carbonyl (C=O) groups is 1. The predicted octanol–water partition coefficient (Wildman–Crippen LogP) is -1.25. The van der Waals surface area contributed by atoms with Gasteiger partial charge < -0.3 is 18.1 Å². The van der Waals surface area contributed by atoms with Crippen molar-refractivity contribution in [1.29, 1.82) is 0 Å². The van der Waals surface area contributed by atoms with Crippen LogP contribution in [0.5, 0.6) is 0 Å². The van der Waals surface area contributed by atoms with Crippen LogP contribution in [0.1, 0.15) is 15.9 Å². The molecule has 0 aromatic heterocycles. The number of hydrogen-bond donors (Lipinski definition) is 1. The average molecular weight is 242 g/mol. The fourth-order valence-electron chi connectivity index (χ4n) is 1.24. The summed E-state index contributed by atoms with van der Waals surface area (Å²) in [6.45, 7) is -3.98. The van der Waals surface area contributed by atoms with Gasteiger partial charge >= 0.3 is 64.3 Å². The number of carboxylic acids is 1. The number of halogens is 3. The van der Waals surface area contributed by atoms with E-state index in [1.54, 1.807) is 0 Å². The molecule has 0 saturated heterocycles. The summed E-state index contributed by atoms with van der Waals surface area (Å²) in [7, 11) is 0. The number of carboxylic acid groups (broad SMARTS) is 1. The van der Waals surface area contributed by atoms with E-state index in [-0.39, 0.29) is 62.5 Å². The second-order valence-corrected chi connectivity index (χ2v) is 2.90. The van der Waals surface area contributed by atoms with E-state index < -0.39 is 18.4 Å². The van der Waals surface area contributed by atoms with Crippen molar-refractivity contribution < 1.29 is 74.2 Å². The Bertz CT molecular complexity index is 379. The third kappa shape index (κ3) is 3.60. The smallest absolute Gasteiger partial charge is 0.478 e. The first-order valence-electron chi connectivity index (χ1n) is 3.87. The standard InChI is InChI=1S/C8H7BF3O2.K/c1-5-6(8(13)14)3-2-4-7(5)9(10,11)12;/h2-4H,1H3,(H,13,14);/q-1;+1. The average Bonchev–Trinajstić information content (AvgIpc) is 2.01. The fourth-order valence-corrected chi connectivity index (χ4v) is 1.24. The minimum Gasteiger partial charge on any atom is -0.478 e. The molecule has 0 unspecified atom stereocenters. The molecule has 0 heterocycles. The first-order valence-corrected chi connectivity index (χ1v) is 3.87. The molecule has 0 aliphatic heterocycles. The van der Waals surface area contributed by atoms with E-state index in [4.69, 9.17) is 5.11 Å². The largest absolute Gasteiger partial charge is 1.00 e. The molecule has 0 radical (unpaired) electrons. The van der Waals surface area contributed by atoms with E-state index in [1.807, 2.05) is 0 Å². The molecule has 76 valence electrons. The number of hydrogen-bond acceptors (Lipinski definition) is 1. The molecule has 0 aliphatic rings. The molecule has 0 bridgehead atoms. The van der Waals surface area contributed by atoms with E-state index in [2.05, 4.69) is 0 Å². The van der Waals surface area contributed by atoms with Crippen molar-refractivity contribution in [3.63, 3.8) is 0 Å². The van der Waals surface area contributed by atoms with Crippen LogP contribution in [-0.4, -0.2) is 18.1 Å².